The SMILES string of the molecule is Nc1nc(/C(=N\OC(F)F)C(=O)NC2C(=O)N3C(C(=O)O)=C(CSc4cnsn4)CS[C@H]23)cs1. The molecule has 1 saturated heterocycles. The summed E-state index contributed by atoms with van der Waals surface area (Å²) in [5, 5.41) is 16.6. The van der Waals surface area contributed by atoms with Gasteiger partial charge in [0.15, 0.2) is 10.8 Å². The summed E-state index contributed by atoms with van der Waals surface area (Å²) in [6, 6.07) is -1.10. The number of carboxylic acid groups (broad SMARTS) is 1. The smallest absolute Gasteiger partial charge is 0.407 e. The molecular formula is C16H13F2N7O5S4. The third-order valence-electron chi connectivity index (χ3n) is 4.48. The van der Waals surface area contributed by atoms with Crippen molar-refractivity contribution in [3.05, 3.63) is 28.5 Å². The van der Waals surface area contributed by atoms with E-state index in [4.69, 9.17) is 5.73 Å². The Morgan fingerprint density at radius 3 is 2.88 bits per heavy atom. The van der Waals surface area contributed by atoms with Gasteiger partial charge in [0.05, 0.1) is 17.9 Å². The molecule has 18 heteroatoms. The maximum Gasteiger partial charge on any atom is 0.407 e. The number of nitrogens with two attached hydrogens (primary N) is 1. The van der Waals surface area contributed by atoms with Gasteiger partial charge in [0.2, 0.25) is 0 Å². The number of β-lactam (4-membered cyclic amide) rings is 1. The first-order valence-electron chi connectivity index (χ1n) is 9.10. The van der Waals surface area contributed by atoms with Crippen LogP contribution < -0.4 is 11.1 Å². The molecule has 2 atom stereocenters. The van der Waals surface area contributed by atoms with Crippen LogP contribution in [-0.2, 0) is 19.2 Å². The van der Waals surface area contributed by atoms with Crippen molar-refractivity contribution in [3.63, 3.8) is 0 Å². The van der Waals surface area contributed by atoms with Gasteiger partial charge in [-0.1, -0.05) is 16.9 Å². The molecule has 0 bridgehead atoms. The van der Waals surface area contributed by atoms with E-state index in [1.54, 1.807) is 6.20 Å². The number of rotatable bonds is 9. The van der Waals surface area contributed by atoms with Crippen LogP contribution in [0.4, 0.5) is 13.9 Å². The number of thioether (sulfide) groups is 2. The summed E-state index contributed by atoms with van der Waals surface area (Å²) in [5.41, 5.74) is 5.20. The van der Waals surface area contributed by atoms with Crippen molar-refractivity contribution >= 4 is 75.2 Å². The number of hydrogen-bond acceptors (Lipinski definition) is 13. The summed E-state index contributed by atoms with van der Waals surface area (Å²) in [4.78, 5) is 46.3. The maximum absolute atomic E-state index is 12.8. The van der Waals surface area contributed by atoms with Gasteiger partial charge in [0.1, 0.15) is 27.8 Å². The van der Waals surface area contributed by atoms with Crippen LogP contribution in [-0.4, -0.2) is 76.8 Å². The zero-order valence-corrected chi connectivity index (χ0v) is 19.8. The number of nitrogens with one attached hydrogen (secondary N) is 1. The Balaban J connectivity index is 1.50. The van der Waals surface area contributed by atoms with E-state index in [2.05, 4.69) is 29.0 Å². The number of nitrogens with zero attached hydrogens (tertiary/aromatic N) is 5. The van der Waals surface area contributed by atoms with E-state index >= 15 is 0 Å². The van der Waals surface area contributed by atoms with Gasteiger partial charge >= 0.3 is 12.6 Å². The molecule has 0 aliphatic carbocycles. The second-order valence-corrected chi connectivity index (χ2v) is 10.1. The second kappa shape index (κ2) is 10.2. The second-order valence-electron chi connectivity index (χ2n) is 6.53. The number of fused-ring (bicyclic) bond motifs is 1. The van der Waals surface area contributed by atoms with Crippen molar-refractivity contribution in [3.8, 4) is 0 Å². The van der Waals surface area contributed by atoms with Crippen LogP contribution in [0.1, 0.15) is 5.69 Å². The number of alkyl halides is 2. The van der Waals surface area contributed by atoms with E-state index in [0.29, 0.717) is 22.1 Å². The Morgan fingerprint density at radius 2 is 2.26 bits per heavy atom. The fourth-order valence-corrected chi connectivity index (χ4v) is 6.49. The first-order valence-corrected chi connectivity index (χ1v) is 12.7. The summed E-state index contributed by atoms with van der Waals surface area (Å²) >= 11 is 4.53. The molecule has 0 saturated carbocycles. The van der Waals surface area contributed by atoms with E-state index in [1.807, 2.05) is 0 Å². The number of carbonyl (C=O) groups excluding carboxylic acids is 2. The molecule has 0 radical (unpaired) electrons. The average Bonchev–Trinajstić information content (AvgIpc) is 3.47. The van der Waals surface area contributed by atoms with Crippen LogP contribution in [0, 0.1) is 0 Å². The van der Waals surface area contributed by atoms with Crippen molar-refractivity contribution in [2.24, 2.45) is 5.16 Å². The summed E-state index contributed by atoms with van der Waals surface area (Å²) in [6.07, 6.45) is 1.56. The third-order valence-corrected chi connectivity index (χ3v) is 8.07. The van der Waals surface area contributed by atoms with Gasteiger partial charge < -0.3 is 21.0 Å². The number of thiazole rings is 1. The monoisotopic (exact) mass is 549 g/mol. The minimum atomic E-state index is -3.28. The van der Waals surface area contributed by atoms with Crippen LogP contribution >= 0.6 is 46.6 Å². The predicted octanol–water partition coefficient (Wildman–Crippen LogP) is 1.05. The molecule has 34 heavy (non-hydrogen) atoms. The lowest BCUT2D eigenvalue weighted by atomic mass is 10.0. The lowest BCUT2D eigenvalue weighted by Crippen LogP contribution is -2.71. The minimum Gasteiger partial charge on any atom is -0.477 e. The van der Waals surface area contributed by atoms with Crippen molar-refractivity contribution in [1.29, 1.82) is 0 Å². The van der Waals surface area contributed by atoms with Crippen LogP contribution in [0.25, 0.3) is 0 Å². The fourth-order valence-electron chi connectivity index (χ4n) is 3.08. The molecule has 0 spiro atoms. The zero-order chi connectivity index (χ0) is 24.4. The molecule has 2 aromatic rings. The van der Waals surface area contributed by atoms with E-state index < -0.39 is 41.5 Å². The number of aromatic nitrogens is 3. The van der Waals surface area contributed by atoms with Gasteiger partial charge in [0.25, 0.3) is 11.8 Å². The molecule has 12 nitrogen and oxygen atoms in total. The van der Waals surface area contributed by atoms with Crippen LogP contribution in [0.2, 0.25) is 0 Å². The molecule has 4 N–H and O–H groups in total. The molecule has 1 fully saturated rings. The third kappa shape index (κ3) is 4.98. The van der Waals surface area contributed by atoms with Crippen molar-refractivity contribution in [2.45, 2.75) is 23.1 Å². The van der Waals surface area contributed by atoms with Gasteiger partial charge in [0, 0.05) is 16.9 Å². The number of hydrogen-bond donors (Lipinski definition) is 3. The van der Waals surface area contributed by atoms with Gasteiger partial charge in [-0.3, -0.25) is 14.5 Å². The number of nitrogen functional groups attached to an aromatic ring is 1. The van der Waals surface area contributed by atoms with Gasteiger partial charge in [-0.15, -0.1) is 23.1 Å². The van der Waals surface area contributed by atoms with Crippen molar-refractivity contribution in [1.82, 2.24) is 23.9 Å². The van der Waals surface area contributed by atoms with Gasteiger partial charge in [-0.2, -0.15) is 17.5 Å². The summed E-state index contributed by atoms with van der Waals surface area (Å²) in [7, 11) is 0. The molecule has 1 unspecified atom stereocenters. The average molecular weight is 550 g/mol. The Kier molecular flexibility index (Phi) is 7.29. The largest absolute Gasteiger partial charge is 0.477 e. The molecule has 4 rings (SSSR count). The van der Waals surface area contributed by atoms with E-state index in [9.17, 15) is 28.3 Å². The van der Waals surface area contributed by atoms with Crippen LogP contribution in [0.15, 0.2) is 33.0 Å². The predicted molar refractivity (Wildman–Crippen MR) is 120 cm³/mol. The first kappa shape index (κ1) is 24.3. The fraction of sp³-hybridized carbons (Fsp3) is 0.312. The Morgan fingerprint density at radius 1 is 1.47 bits per heavy atom. The van der Waals surface area contributed by atoms with Crippen LogP contribution in [0.3, 0.4) is 0 Å². The molecule has 2 aliphatic heterocycles. The minimum absolute atomic E-state index is 0.0661. The molecular weight excluding hydrogens is 536 g/mol. The topological polar surface area (TPSA) is 173 Å². The van der Waals surface area contributed by atoms with E-state index in [0.717, 1.165) is 28.0 Å². The summed E-state index contributed by atoms with van der Waals surface area (Å²) in [6.45, 7) is -3.28. The molecule has 0 aromatic carbocycles. The molecule has 2 aromatic heterocycles. The lowest BCUT2D eigenvalue weighted by molar-refractivity contribution is -0.150. The highest BCUT2D eigenvalue weighted by Crippen LogP contribution is 2.41. The number of aliphatic carboxylic acids is 1. The molecule has 2 amide bonds. The molecule has 4 heterocycles. The highest BCUT2D eigenvalue weighted by molar-refractivity contribution is 8.01. The van der Waals surface area contributed by atoms with Crippen molar-refractivity contribution < 1.29 is 33.1 Å². The zero-order valence-electron chi connectivity index (χ0n) is 16.6. The number of anilines is 1. The van der Waals surface area contributed by atoms with Crippen molar-refractivity contribution in [2.75, 3.05) is 17.2 Å². The number of amides is 2. The maximum atomic E-state index is 12.8. The Labute approximate surface area is 205 Å². The Bertz CT molecular complexity index is 1170. The van der Waals surface area contributed by atoms with E-state index in [1.165, 1.54) is 28.9 Å². The number of oxime groups is 1. The normalized spacial score (nSPS) is 20.3. The van der Waals surface area contributed by atoms with E-state index in [-0.39, 0.29) is 16.5 Å². The van der Waals surface area contributed by atoms with Gasteiger partial charge in [-0.05, 0) is 5.57 Å². The number of carbonyl (C=O) groups is 3. The quantitative estimate of drug-likeness (QED) is 0.177. The highest BCUT2D eigenvalue weighted by atomic mass is 32.2. The van der Waals surface area contributed by atoms with Gasteiger partial charge in [-0.25, -0.2) is 9.78 Å². The lowest BCUT2D eigenvalue weighted by Gasteiger charge is -2.49. The highest BCUT2D eigenvalue weighted by Gasteiger charge is 2.54. The summed E-state index contributed by atoms with van der Waals surface area (Å²) in [5.74, 6) is -2.34. The molecule has 180 valence electrons. The number of halogens is 2. The number of carboxylic acids is 1. The molecule has 2 aliphatic rings. The Hall–Kier alpha value is -2.83. The first-order chi connectivity index (χ1) is 16.3. The standard InChI is InChI=1S/C16H13F2N7O5S4/c17-15(18)30-23-8(6-4-33-16(19)21-6)11(26)22-9-12(27)25-10(14(28)29)5(3-32-13(9)25)2-31-7-1-20-34-24-7/h1,4,9,13,15H,2-3H2,(H2,19,21)(H,22,26)(H,28,29)/b23-8+/t9?,13-/m1/s1. The summed E-state index contributed by atoms with van der Waals surface area (Å²) < 4.78 is 32.9. The van der Waals surface area contributed by atoms with Crippen LogP contribution in [0.5, 0.6) is 0 Å².